The number of aliphatic hydroxyl groups is 1. The Labute approximate surface area is 57.4 Å². The summed E-state index contributed by atoms with van der Waals surface area (Å²) in [6, 6.07) is -0.197. The fourth-order valence-corrected chi connectivity index (χ4v) is 0.215. The van der Waals surface area contributed by atoms with Crippen molar-refractivity contribution >= 4 is 0 Å². The highest BCUT2D eigenvalue weighted by molar-refractivity contribution is 4.83. The molecule has 0 heterocycles. The van der Waals surface area contributed by atoms with Gasteiger partial charge in [-0.15, -0.1) is 6.58 Å². The van der Waals surface area contributed by atoms with Gasteiger partial charge in [0.2, 0.25) is 0 Å². The zero-order valence-electron chi connectivity index (χ0n) is 6.46. The Kier molecular flexibility index (Phi) is 9.75. The van der Waals surface area contributed by atoms with Crippen LogP contribution >= 0.6 is 0 Å². The van der Waals surface area contributed by atoms with E-state index in [4.69, 9.17) is 10.8 Å². The van der Waals surface area contributed by atoms with Gasteiger partial charge < -0.3 is 10.8 Å². The standard InChI is InChI=1S/C5H11NO.C2H6/c1-3-5(7)4(2)6;1-2/h3-5,7H,1,6H2,2H3;1-2H3. The lowest BCUT2D eigenvalue weighted by Gasteiger charge is -2.06. The van der Waals surface area contributed by atoms with E-state index in [-0.39, 0.29) is 6.04 Å². The number of aliphatic hydroxyl groups excluding tert-OH is 1. The molecule has 0 saturated carbocycles. The minimum atomic E-state index is -0.556. The van der Waals surface area contributed by atoms with Crippen LogP contribution in [0, 0.1) is 0 Å². The second-order valence-corrected chi connectivity index (χ2v) is 1.59. The molecule has 0 aromatic heterocycles. The van der Waals surface area contributed by atoms with Gasteiger partial charge in [0.05, 0.1) is 6.10 Å². The predicted molar refractivity (Wildman–Crippen MR) is 41.2 cm³/mol. The number of rotatable bonds is 2. The Morgan fingerprint density at radius 2 is 1.89 bits per heavy atom. The minimum Gasteiger partial charge on any atom is -0.387 e. The van der Waals surface area contributed by atoms with E-state index in [0.717, 1.165) is 0 Å². The molecule has 3 N–H and O–H groups in total. The second-order valence-electron chi connectivity index (χ2n) is 1.59. The highest BCUT2D eigenvalue weighted by atomic mass is 16.3. The Morgan fingerprint density at radius 1 is 1.56 bits per heavy atom. The molecule has 0 aromatic rings. The molecule has 56 valence electrons. The van der Waals surface area contributed by atoms with E-state index in [0.29, 0.717) is 0 Å². The second kappa shape index (κ2) is 7.66. The third-order valence-electron chi connectivity index (χ3n) is 0.780. The van der Waals surface area contributed by atoms with Crippen LogP contribution in [0.2, 0.25) is 0 Å². The first-order chi connectivity index (χ1) is 4.18. The van der Waals surface area contributed by atoms with E-state index in [2.05, 4.69) is 6.58 Å². The van der Waals surface area contributed by atoms with Crippen LogP contribution in [0.3, 0.4) is 0 Å². The van der Waals surface area contributed by atoms with Crippen LogP contribution in [0.1, 0.15) is 20.8 Å². The smallest absolute Gasteiger partial charge is 0.0866 e. The van der Waals surface area contributed by atoms with Crippen LogP contribution in [0.5, 0.6) is 0 Å². The van der Waals surface area contributed by atoms with Gasteiger partial charge in [0, 0.05) is 6.04 Å². The normalized spacial score (nSPS) is 14.8. The van der Waals surface area contributed by atoms with E-state index in [1.165, 1.54) is 6.08 Å². The maximum Gasteiger partial charge on any atom is 0.0866 e. The first-order valence-electron chi connectivity index (χ1n) is 3.24. The van der Waals surface area contributed by atoms with Gasteiger partial charge >= 0.3 is 0 Å². The van der Waals surface area contributed by atoms with Gasteiger partial charge in [0.15, 0.2) is 0 Å². The van der Waals surface area contributed by atoms with Crippen molar-refractivity contribution in [3.8, 4) is 0 Å². The van der Waals surface area contributed by atoms with Crippen LogP contribution in [0.4, 0.5) is 0 Å². The lowest BCUT2D eigenvalue weighted by atomic mass is 10.2. The molecule has 2 nitrogen and oxygen atoms in total. The van der Waals surface area contributed by atoms with Gasteiger partial charge in [-0.05, 0) is 6.92 Å². The summed E-state index contributed by atoms with van der Waals surface area (Å²) in [7, 11) is 0. The molecule has 0 radical (unpaired) electrons. The molecule has 0 spiro atoms. The van der Waals surface area contributed by atoms with E-state index in [9.17, 15) is 0 Å². The molecule has 0 bridgehead atoms. The number of hydrogen-bond donors (Lipinski definition) is 2. The minimum absolute atomic E-state index is 0.197. The Bertz CT molecular complexity index is 61.9. The summed E-state index contributed by atoms with van der Waals surface area (Å²) in [5.41, 5.74) is 5.23. The van der Waals surface area contributed by atoms with Crippen molar-refractivity contribution in [2.24, 2.45) is 5.73 Å². The van der Waals surface area contributed by atoms with Crippen molar-refractivity contribution in [3.05, 3.63) is 12.7 Å². The molecule has 0 saturated heterocycles. The van der Waals surface area contributed by atoms with Gasteiger partial charge in [0.1, 0.15) is 0 Å². The molecule has 0 fully saturated rings. The maximum atomic E-state index is 8.69. The van der Waals surface area contributed by atoms with Crippen LogP contribution in [0.25, 0.3) is 0 Å². The zero-order chi connectivity index (χ0) is 7.86. The highest BCUT2D eigenvalue weighted by Gasteiger charge is 2.00. The average molecular weight is 131 g/mol. The monoisotopic (exact) mass is 131 g/mol. The molecule has 9 heavy (non-hydrogen) atoms. The van der Waals surface area contributed by atoms with Crippen LogP contribution < -0.4 is 5.73 Å². The fraction of sp³-hybridized carbons (Fsp3) is 0.714. The third kappa shape index (κ3) is 7.66. The maximum absolute atomic E-state index is 8.69. The Hall–Kier alpha value is -0.340. The summed E-state index contributed by atoms with van der Waals surface area (Å²) in [5.74, 6) is 0. The van der Waals surface area contributed by atoms with E-state index >= 15 is 0 Å². The summed E-state index contributed by atoms with van der Waals surface area (Å²) in [6.45, 7) is 9.08. The van der Waals surface area contributed by atoms with Crippen molar-refractivity contribution < 1.29 is 5.11 Å². The molecular weight excluding hydrogens is 114 g/mol. The van der Waals surface area contributed by atoms with Gasteiger partial charge in [-0.2, -0.15) is 0 Å². The molecule has 0 aliphatic heterocycles. The van der Waals surface area contributed by atoms with E-state index in [1.54, 1.807) is 6.92 Å². The highest BCUT2D eigenvalue weighted by Crippen LogP contribution is 1.86. The van der Waals surface area contributed by atoms with E-state index < -0.39 is 6.10 Å². The lowest BCUT2D eigenvalue weighted by molar-refractivity contribution is 0.198. The van der Waals surface area contributed by atoms with Crippen molar-refractivity contribution in [2.75, 3.05) is 0 Å². The van der Waals surface area contributed by atoms with Gasteiger partial charge in [-0.3, -0.25) is 0 Å². The summed E-state index contributed by atoms with van der Waals surface area (Å²) in [6.07, 6.45) is 0.866. The van der Waals surface area contributed by atoms with E-state index in [1.807, 2.05) is 13.8 Å². The Morgan fingerprint density at radius 3 is 1.89 bits per heavy atom. The van der Waals surface area contributed by atoms with Crippen molar-refractivity contribution in [3.63, 3.8) is 0 Å². The first kappa shape index (κ1) is 11.5. The van der Waals surface area contributed by atoms with Crippen molar-refractivity contribution in [2.45, 2.75) is 32.9 Å². The Balaban J connectivity index is 0. The summed E-state index contributed by atoms with van der Waals surface area (Å²) in [4.78, 5) is 0. The molecule has 0 rings (SSSR count). The zero-order valence-corrected chi connectivity index (χ0v) is 6.46. The first-order valence-corrected chi connectivity index (χ1v) is 3.24. The van der Waals surface area contributed by atoms with Gasteiger partial charge in [-0.25, -0.2) is 0 Å². The summed E-state index contributed by atoms with van der Waals surface area (Å²) in [5, 5.41) is 8.69. The SMILES string of the molecule is C=CC(O)C(C)N.CC. The number of hydrogen-bond acceptors (Lipinski definition) is 2. The fourth-order valence-electron chi connectivity index (χ4n) is 0.215. The molecule has 0 aromatic carbocycles. The third-order valence-corrected chi connectivity index (χ3v) is 0.780. The largest absolute Gasteiger partial charge is 0.387 e. The molecule has 2 unspecified atom stereocenters. The number of nitrogens with two attached hydrogens (primary N) is 1. The quantitative estimate of drug-likeness (QED) is 0.547. The predicted octanol–water partition coefficient (Wildman–Crippen LogP) is 0.907. The summed E-state index contributed by atoms with van der Waals surface area (Å²) < 4.78 is 0. The molecular formula is C7H17NO. The molecule has 0 amide bonds. The van der Waals surface area contributed by atoms with Crippen molar-refractivity contribution in [1.82, 2.24) is 0 Å². The molecule has 2 heteroatoms. The van der Waals surface area contributed by atoms with Crippen LogP contribution in [0.15, 0.2) is 12.7 Å². The average Bonchev–Trinajstić information content (AvgIpc) is 1.91. The van der Waals surface area contributed by atoms with Crippen LogP contribution in [-0.2, 0) is 0 Å². The van der Waals surface area contributed by atoms with Crippen LogP contribution in [-0.4, -0.2) is 17.3 Å². The molecule has 0 aliphatic rings. The van der Waals surface area contributed by atoms with Crippen molar-refractivity contribution in [1.29, 1.82) is 0 Å². The summed E-state index contributed by atoms with van der Waals surface area (Å²) >= 11 is 0. The topological polar surface area (TPSA) is 46.2 Å². The lowest BCUT2D eigenvalue weighted by Crippen LogP contribution is -2.29. The van der Waals surface area contributed by atoms with Gasteiger partial charge in [0.25, 0.3) is 0 Å². The molecule has 2 atom stereocenters. The van der Waals surface area contributed by atoms with Gasteiger partial charge in [-0.1, -0.05) is 19.9 Å². The molecule has 0 aliphatic carbocycles.